The molecule has 5 nitrogen and oxygen atoms in total. The Kier molecular flexibility index (Phi) is 3.63. The van der Waals surface area contributed by atoms with E-state index in [4.69, 9.17) is 10.5 Å². The maximum absolute atomic E-state index is 5.98. The van der Waals surface area contributed by atoms with Crippen molar-refractivity contribution in [3.63, 3.8) is 0 Å². The SMILES string of the molecule is COCCN(Cc1nc(N)c2ccsc2n1)C1CC1. The minimum Gasteiger partial charge on any atom is -0.383 e. The van der Waals surface area contributed by atoms with Crippen LogP contribution in [0, 0.1) is 0 Å². The largest absolute Gasteiger partial charge is 0.383 e. The standard InChI is InChI=1S/C13H18N4OS/c1-18-6-5-17(9-2-3-9)8-11-15-12(14)10-4-7-19-13(10)16-11/h4,7,9H,2-3,5-6,8H2,1H3,(H2,14,15,16). The molecule has 0 spiro atoms. The van der Waals surface area contributed by atoms with E-state index in [9.17, 15) is 0 Å². The molecule has 0 bridgehead atoms. The smallest absolute Gasteiger partial charge is 0.146 e. The summed E-state index contributed by atoms with van der Waals surface area (Å²) < 4.78 is 5.16. The Bertz CT molecular complexity index is 567. The summed E-state index contributed by atoms with van der Waals surface area (Å²) in [5, 5.41) is 2.96. The van der Waals surface area contributed by atoms with Crippen LogP contribution in [-0.2, 0) is 11.3 Å². The molecule has 2 aromatic rings. The molecule has 0 saturated heterocycles. The first-order valence-corrected chi connectivity index (χ1v) is 7.38. The fourth-order valence-corrected chi connectivity index (χ4v) is 3.01. The summed E-state index contributed by atoms with van der Waals surface area (Å²) in [6, 6.07) is 2.64. The van der Waals surface area contributed by atoms with E-state index in [-0.39, 0.29) is 0 Å². The van der Waals surface area contributed by atoms with Gasteiger partial charge in [0.05, 0.1) is 18.5 Å². The molecule has 1 aliphatic rings. The highest BCUT2D eigenvalue weighted by molar-refractivity contribution is 7.16. The minimum absolute atomic E-state index is 0.587. The number of nitrogens with zero attached hydrogens (tertiary/aromatic N) is 3. The molecule has 1 saturated carbocycles. The molecule has 0 aromatic carbocycles. The molecule has 19 heavy (non-hydrogen) atoms. The summed E-state index contributed by atoms with van der Waals surface area (Å²) in [5.41, 5.74) is 5.98. The quantitative estimate of drug-likeness (QED) is 0.874. The summed E-state index contributed by atoms with van der Waals surface area (Å²) in [6.45, 7) is 2.42. The van der Waals surface area contributed by atoms with Gasteiger partial charge in [0.15, 0.2) is 0 Å². The molecule has 2 aromatic heterocycles. The van der Waals surface area contributed by atoms with Crippen LogP contribution in [0.2, 0.25) is 0 Å². The lowest BCUT2D eigenvalue weighted by Gasteiger charge is -2.20. The molecule has 0 atom stereocenters. The second-order valence-corrected chi connectivity index (χ2v) is 5.75. The maximum Gasteiger partial charge on any atom is 0.146 e. The lowest BCUT2D eigenvalue weighted by molar-refractivity contribution is 0.138. The highest BCUT2D eigenvalue weighted by atomic mass is 32.1. The van der Waals surface area contributed by atoms with Gasteiger partial charge < -0.3 is 10.5 Å². The fraction of sp³-hybridized carbons (Fsp3) is 0.538. The molecule has 102 valence electrons. The first kappa shape index (κ1) is 12.8. The predicted octanol–water partition coefficient (Wildman–Crippen LogP) is 1.88. The molecule has 0 amide bonds. The number of thiophene rings is 1. The van der Waals surface area contributed by atoms with Crippen LogP contribution in [0.5, 0.6) is 0 Å². The zero-order valence-corrected chi connectivity index (χ0v) is 11.8. The van der Waals surface area contributed by atoms with Crippen LogP contribution in [-0.4, -0.2) is 41.2 Å². The summed E-state index contributed by atoms with van der Waals surface area (Å²) in [7, 11) is 1.73. The molecule has 0 radical (unpaired) electrons. The summed E-state index contributed by atoms with van der Waals surface area (Å²) in [4.78, 5) is 12.4. The number of anilines is 1. The third kappa shape index (κ3) is 2.86. The van der Waals surface area contributed by atoms with Crippen molar-refractivity contribution in [2.75, 3.05) is 26.0 Å². The molecule has 3 rings (SSSR count). The number of nitrogen functional groups attached to an aromatic ring is 1. The van der Waals surface area contributed by atoms with E-state index in [1.54, 1.807) is 18.4 Å². The van der Waals surface area contributed by atoms with Crippen LogP contribution < -0.4 is 5.73 Å². The third-order valence-corrected chi connectivity index (χ3v) is 4.20. The van der Waals surface area contributed by atoms with E-state index in [0.29, 0.717) is 11.9 Å². The zero-order chi connectivity index (χ0) is 13.2. The predicted molar refractivity (Wildman–Crippen MR) is 77.1 cm³/mol. The van der Waals surface area contributed by atoms with Crippen molar-refractivity contribution in [2.24, 2.45) is 0 Å². The average Bonchev–Trinajstić information content (AvgIpc) is 3.13. The van der Waals surface area contributed by atoms with E-state index in [0.717, 1.165) is 35.7 Å². The van der Waals surface area contributed by atoms with Gasteiger partial charge in [-0.3, -0.25) is 4.90 Å². The number of nitrogens with two attached hydrogens (primary N) is 1. The average molecular weight is 278 g/mol. The first-order valence-electron chi connectivity index (χ1n) is 6.50. The second kappa shape index (κ2) is 5.40. The molecular weight excluding hydrogens is 260 g/mol. The van der Waals surface area contributed by atoms with E-state index in [1.165, 1.54) is 12.8 Å². The Morgan fingerprint density at radius 1 is 1.47 bits per heavy atom. The third-order valence-electron chi connectivity index (χ3n) is 3.39. The van der Waals surface area contributed by atoms with Gasteiger partial charge in [-0.15, -0.1) is 11.3 Å². The zero-order valence-electron chi connectivity index (χ0n) is 11.0. The molecule has 2 heterocycles. The van der Waals surface area contributed by atoms with Crippen molar-refractivity contribution in [2.45, 2.75) is 25.4 Å². The van der Waals surface area contributed by atoms with Gasteiger partial charge >= 0.3 is 0 Å². The van der Waals surface area contributed by atoms with Crippen LogP contribution in [0.4, 0.5) is 5.82 Å². The molecular formula is C13H18N4OS. The maximum atomic E-state index is 5.98. The fourth-order valence-electron chi connectivity index (χ4n) is 2.22. The van der Waals surface area contributed by atoms with Crippen molar-refractivity contribution in [3.8, 4) is 0 Å². The van der Waals surface area contributed by atoms with E-state index in [1.807, 2.05) is 11.4 Å². The van der Waals surface area contributed by atoms with Crippen molar-refractivity contribution < 1.29 is 4.74 Å². The number of methoxy groups -OCH3 is 1. The second-order valence-electron chi connectivity index (χ2n) is 4.86. The van der Waals surface area contributed by atoms with Gasteiger partial charge in [0.2, 0.25) is 0 Å². The van der Waals surface area contributed by atoms with E-state index >= 15 is 0 Å². The van der Waals surface area contributed by atoms with E-state index < -0.39 is 0 Å². The lowest BCUT2D eigenvalue weighted by Crippen LogP contribution is -2.30. The van der Waals surface area contributed by atoms with Gasteiger partial charge in [0.1, 0.15) is 16.5 Å². The van der Waals surface area contributed by atoms with Gasteiger partial charge in [0, 0.05) is 19.7 Å². The Balaban J connectivity index is 1.78. The monoisotopic (exact) mass is 278 g/mol. The topological polar surface area (TPSA) is 64.3 Å². The summed E-state index contributed by atoms with van der Waals surface area (Å²) >= 11 is 1.61. The first-order chi connectivity index (χ1) is 9.28. The number of rotatable bonds is 6. The van der Waals surface area contributed by atoms with Gasteiger partial charge in [0.25, 0.3) is 0 Å². The molecule has 1 aliphatic carbocycles. The summed E-state index contributed by atoms with van der Waals surface area (Å²) in [5.74, 6) is 1.40. The lowest BCUT2D eigenvalue weighted by atomic mass is 10.3. The molecule has 0 aliphatic heterocycles. The van der Waals surface area contributed by atoms with Crippen molar-refractivity contribution in [1.82, 2.24) is 14.9 Å². The number of fused-ring (bicyclic) bond motifs is 1. The molecule has 0 unspecified atom stereocenters. The van der Waals surface area contributed by atoms with Crippen LogP contribution in [0.25, 0.3) is 10.2 Å². The number of aromatic nitrogens is 2. The van der Waals surface area contributed by atoms with E-state index in [2.05, 4.69) is 14.9 Å². The van der Waals surface area contributed by atoms with Crippen molar-refractivity contribution in [1.29, 1.82) is 0 Å². The minimum atomic E-state index is 0.587. The summed E-state index contributed by atoms with van der Waals surface area (Å²) in [6.07, 6.45) is 2.53. The van der Waals surface area contributed by atoms with Crippen molar-refractivity contribution >= 4 is 27.4 Å². The van der Waals surface area contributed by atoms with Gasteiger partial charge in [-0.2, -0.15) is 0 Å². The van der Waals surface area contributed by atoms with Crippen LogP contribution >= 0.6 is 11.3 Å². The highest BCUT2D eigenvalue weighted by Crippen LogP contribution is 2.28. The van der Waals surface area contributed by atoms with Crippen LogP contribution in [0.15, 0.2) is 11.4 Å². The number of hydrogen-bond donors (Lipinski definition) is 1. The van der Waals surface area contributed by atoms with Gasteiger partial charge in [-0.05, 0) is 24.3 Å². The normalized spacial score (nSPS) is 15.5. The Labute approximate surface area is 116 Å². The van der Waals surface area contributed by atoms with Gasteiger partial charge in [-0.1, -0.05) is 0 Å². The van der Waals surface area contributed by atoms with Gasteiger partial charge in [-0.25, -0.2) is 9.97 Å². The Morgan fingerprint density at radius 2 is 2.32 bits per heavy atom. The number of hydrogen-bond acceptors (Lipinski definition) is 6. The Morgan fingerprint density at radius 3 is 3.05 bits per heavy atom. The highest BCUT2D eigenvalue weighted by Gasteiger charge is 2.29. The molecule has 1 fully saturated rings. The number of ether oxygens (including phenoxy) is 1. The van der Waals surface area contributed by atoms with Crippen LogP contribution in [0.1, 0.15) is 18.7 Å². The molecule has 2 N–H and O–H groups in total. The molecule has 6 heteroatoms. The van der Waals surface area contributed by atoms with Crippen LogP contribution in [0.3, 0.4) is 0 Å². The Hall–Kier alpha value is -1.24. The van der Waals surface area contributed by atoms with Crippen molar-refractivity contribution in [3.05, 3.63) is 17.3 Å².